The number of hydrogen-bond acceptors (Lipinski definition) is 4. The van der Waals surface area contributed by atoms with Gasteiger partial charge in [-0.25, -0.2) is 0 Å². The van der Waals surface area contributed by atoms with E-state index in [9.17, 15) is 14.7 Å². The highest BCUT2D eigenvalue weighted by Crippen LogP contribution is 2.28. The standard InChI is InChI=1S/C10H9O4/c1-2-9(13)14-10-7(6-11)4-3-5-8(10)12/h2-6,12H,1H3. The number of rotatable bonds is 3. The predicted octanol–water partition coefficient (Wildman–Crippen LogP) is 1.33. The van der Waals surface area contributed by atoms with Crippen molar-refractivity contribution in [1.29, 1.82) is 0 Å². The Labute approximate surface area is 81.1 Å². The number of phenols is 1. The van der Waals surface area contributed by atoms with E-state index < -0.39 is 5.97 Å². The molecule has 0 aliphatic heterocycles. The second kappa shape index (κ2) is 4.41. The molecule has 0 saturated carbocycles. The molecular weight excluding hydrogens is 184 g/mol. The Morgan fingerprint density at radius 3 is 2.79 bits per heavy atom. The summed E-state index contributed by atoms with van der Waals surface area (Å²) in [7, 11) is 0. The number of hydrogen-bond donors (Lipinski definition) is 1. The third-order valence-electron chi connectivity index (χ3n) is 1.59. The third kappa shape index (κ3) is 2.10. The van der Waals surface area contributed by atoms with Crippen LogP contribution in [0.5, 0.6) is 11.5 Å². The SMILES string of the molecule is C[CH]C(=O)Oc1c(O)cccc1C=O. The van der Waals surface area contributed by atoms with Gasteiger partial charge in [-0.3, -0.25) is 9.59 Å². The third-order valence-corrected chi connectivity index (χ3v) is 1.59. The molecule has 0 heterocycles. The minimum atomic E-state index is -0.616. The summed E-state index contributed by atoms with van der Waals surface area (Å²) in [5.74, 6) is -0.954. The minimum absolute atomic E-state index is 0.106. The lowest BCUT2D eigenvalue weighted by Gasteiger charge is -2.06. The van der Waals surface area contributed by atoms with Crippen molar-refractivity contribution in [2.45, 2.75) is 6.92 Å². The van der Waals surface area contributed by atoms with Crippen molar-refractivity contribution in [3.05, 3.63) is 30.2 Å². The number of ether oxygens (including phenoxy) is 1. The maximum absolute atomic E-state index is 10.9. The molecule has 0 aliphatic rings. The molecule has 14 heavy (non-hydrogen) atoms. The molecule has 0 aromatic heterocycles. The van der Waals surface area contributed by atoms with E-state index in [-0.39, 0.29) is 17.1 Å². The van der Waals surface area contributed by atoms with E-state index in [0.29, 0.717) is 6.29 Å². The zero-order valence-electron chi connectivity index (χ0n) is 7.56. The van der Waals surface area contributed by atoms with Gasteiger partial charge in [-0.05, 0) is 12.1 Å². The van der Waals surface area contributed by atoms with Crippen LogP contribution < -0.4 is 4.74 Å². The fourth-order valence-electron chi connectivity index (χ4n) is 0.906. The number of esters is 1. The average molecular weight is 193 g/mol. The van der Waals surface area contributed by atoms with Gasteiger partial charge in [0.05, 0.1) is 12.0 Å². The molecule has 0 unspecified atom stereocenters. The Kier molecular flexibility index (Phi) is 3.23. The Morgan fingerprint density at radius 1 is 1.50 bits per heavy atom. The Balaban J connectivity index is 3.04. The van der Waals surface area contributed by atoms with Gasteiger partial charge in [0.25, 0.3) is 0 Å². The lowest BCUT2D eigenvalue weighted by Crippen LogP contribution is -2.08. The van der Waals surface area contributed by atoms with Gasteiger partial charge >= 0.3 is 5.97 Å². The van der Waals surface area contributed by atoms with Crippen LogP contribution in [0.2, 0.25) is 0 Å². The van der Waals surface area contributed by atoms with Crippen molar-refractivity contribution < 1.29 is 19.4 Å². The Hall–Kier alpha value is -1.84. The van der Waals surface area contributed by atoms with Crippen LogP contribution in [0.3, 0.4) is 0 Å². The van der Waals surface area contributed by atoms with E-state index in [1.807, 2.05) is 0 Å². The second-order valence-corrected chi connectivity index (χ2v) is 2.52. The molecule has 0 spiro atoms. The van der Waals surface area contributed by atoms with E-state index in [1.165, 1.54) is 31.5 Å². The van der Waals surface area contributed by atoms with Crippen molar-refractivity contribution >= 4 is 12.3 Å². The summed E-state index contributed by atoms with van der Waals surface area (Å²) in [6.45, 7) is 1.50. The van der Waals surface area contributed by atoms with E-state index in [0.717, 1.165) is 0 Å². The van der Waals surface area contributed by atoms with Crippen LogP contribution >= 0.6 is 0 Å². The van der Waals surface area contributed by atoms with Crippen LogP contribution in [0, 0.1) is 6.42 Å². The molecule has 0 fully saturated rings. The molecule has 4 nitrogen and oxygen atoms in total. The summed E-state index contributed by atoms with van der Waals surface area (Å²) in [6.07, 6.45) is 1.71. The summed E-state index contributed by atoms with van der Waals surface area (Å²) in [4.78, 5) is 21.4. The fraction of sp³-hybridized carbons (Fsp3) is 0.100. The summed E-state index contributed by atoms with van der Waals surface area (Å²) in [5.41, 5.74) is 0.139. The normalized spacial score (nSPS) is 9.50. The summed E-state index contributed by atoms with van der Waals surface area (Å²) in [6, 6.07) is 4.28. The van der Waals surface area contributed by atoms with Gasteiger partial charge < -0.3 is 9.84 Å². The molecule has 0 saturated heterocycles. The fourth-order valence-corrected chi connectivity index (χ4v) is 0.906. The van der Waals surface area contributed by atoms with E-state index in [1.54, 1.807) is 0 Å². The topological polar surface area (TPSA) is 63.6 Å². The molecule has 0 amide bonds. The van der Waals surface area contributed by atoms with E-state index in [2.05, 4.69) is 0 Å². The summed E-state index contributed by atoms with van der Waals surface area (Å²) in [5, 5.41) is 9.32. The maximum atomic E-state index is 10.9. The van der Waals surface area contributed by atoms with Crippen molar-refractivity contribution in [3.8, 4) is 11.5 Å². The molecule has 0 aliphatic carbocycles. The monoisotopic (exact) mass is 193 g/mol. The van der Waals surface area contributed by atoms with Gasteiger partial charge in [-0.2, -0.15) is 0 Å². The van der Waals surface area contributed by atoms with Gasteiger partial charge in [-0.1, -0.05) is 13.0 Å². The smallest absolute Gasteiger partial charge is 0.315 e. The van der Waals surface area contributed by atoms with Crippen LogP contribution in [0.25, 0.3) is 0 Å². The molecule has 1 rings (SSSR count). The first-order valence-corrected chi connectivity index (χ1v) is 3.97. The molecule has 1 radical (unpaired) electrons. The number of carbonyl (C=O) groups is 2. The lowest BCUT2D eigenvalue weighted by molar-refractivity contribution is -0.130. The zero-order chi connectivity index (χ0) is 10.6. The number of aldehydes is 1. The van der Waals surface area contributed by atoms with Gasteiger partial charge in [0.1, 0.15) is 0 Å². The number of carbonyl (C=O) groups excluding carboxylic acids is 2. The minimum Gasteiger partial charge on any atom is -0.504 e. The number of benzene rings is 1. The summed E-state index contributed by atoms with van der Waals surface area (Å²) < 4.78 is 4.74. The first-order valence-electron chi connectivity index (χ1n) is 3.97. The van der Waals surface area contributed by atoms with Gasteiger partial charge in [-0.15, -0.1) is 0 Å². The van der Waals surface area contributed by atoms with Gasteiger partial charge in [0.2, 0.25) is 0 Å². The van der Waals surface area contributed by atoms with Crippen LogP contribution in [0.1, 0.15) is 17.3 Å². The zero-order valence-corrected chi connectivity index (χ0v) is 7.56. The van der Waals surface area contributed by atoms with Crippen molar-refractivity contribution in [3.63, 3.8) is 0 Å². The highest BCUT2D eigenvalue weighted by molar-refractivity contribution is 5.86. The summed E-state index contributed by atoms with van der Waals surface area (Å²) >= 11 is 0. The number of phenolic OH excluding ortho intramolecular Hbond substituents is 1. The second-order valence-electron chi connectivity index (χ2n) is 2.52. The molecule has 0 bridgehead atoms. The molecule has 1 aromatic carbocycles. The predicted molar refractivity (Wildman–Crippen MR) is 49.1 cm³/mol. The molecule has 73 valence electrons. The van der Waals surface area contributed by atoms with Crippen LogP contribution in [0.4, 0.5) is 0 Å². The van der Waals surface area contributed by atoms with Crippen LogP contribution in [-0.4, -0.2) is 17.4 Å². The Bertz CT molecular complexity index is 357. The molecule has 0 atom stereocenters. The van der Waals surface area contributed by atoms with Crippen LogP contribution in [0.15, 0.2) is 18.2 Å². The highest BCUT2D eigenvalue weighted by Gasteiger charge is 2.11. The average Bonchev–Trinajstić information content (AvgIpc) is 2.20. The van der Waals surface area contributed by atoms with Crippen molar-refractivity contribution in [1.82, 2.24) is 0 Å². The number of para-hydroxylation sites is 1. The highest BCUT2D eigenvalue weighted by atomic mass is 16.5. The molecule has 1 aromatic rings. The lowest BCUT2D eigenvalue weighted by atomic mass is 10.2. The quantitative estimate of drug-likeness (QED) is 0.447. The Morgan fingerprint density at radius 2 is 2.21 bits per heavy atom. The first-order chi connectivity index (χ1) is 6.69. The number of aromatic hydroxyl groups is 1. The van der Waals surface area contributed by atoms with Crippen molar-refractivity contribution in [2.75, 3.05) is 0 Å². The largest absolute Gasteiger partial charge is 0.504 e. The van der Waals surface area contributed by atoms with Crippen molar-refractivity contribution in [2.24, 2.45) is 0 Å². The molecular formula is C10H9O4. The first kappa shape index (κ1) is 10.2. The molecule has 4 heteroatoms. The van der Waals surface area contributed by atoms with E-state index >= 15 is 0 Å². The van der Waals surface area contributed by atoms with Crippen LogP contribution in [-0.2, 0) is 4.79 Å². The van der Waals surface area contributed by atoms with E-state index in [4.69, 9.17) is 4.74 Å². The van der Waals surface area contributed by atoms with Gasteiger partial charge in [0, 0.05) is 0 Å². The van der Waals surface area contributed by atoms with Gasteiger partial charge in [0.15, 0.2) is 17.8 Å². The maximum Gasteiger partial charge on any atom is 0.315 e. The molecule has 1 N–H and O–H groups in total.